The monoisotopic (exact) mass is 262 g/mol. The standard InChI is InChI=1S/C14H19FN4/c1-18-6-4-10(5-7-18)9-19-13-3-2-11(15)8-12(13)17-14(19)16/h2-3,8,10H,4-7,9H2,1H3,(H2,16,17). The molecule has 0 unspecified atom stereocenters. The van der Waals surface area contributed by atoms with Crippen LogP contribution in [0.25, 0.3) is 11.0 Å². The smallest absolute Gasteiger partial charge is 0.201 e. The first-order valence-electron chi connectivity index (χ1n) is 6.73. The van der Waals surface area contributed by atoms with Crippen LogP contribution in [-0.2, 0) is 6.54 Å². The first-order valence-corrected chi connectivity index (χ1v) is 6.73. The second-order valence-corrected chi connectivity index (χ2v) is 5.46. The molecule has 1 saturated heterocycles. The average molecular weight is 262 g/mol. The number of fused-ring (bicyclic) bond motifs is 1. The number of halogens is 1. The van der Waals surface area contributed by atoms with Gasteiger partial charge in [-0.2, -0.15) is 0 Å². The van der Waals surface area contributed by atoms with Crippen molar-refractivity contribution in [2.24, 2.45) is 5.92 Å². The van der Waals surface area contributed by atoms with E-state index >= 15 is 0 Å². The molecular weight excluding hydrogens is 243 g/mol. The van der Waals surface area contributed by atoms with Crippen LogP contribution < -0.4 is 5.73 Å². The largest absolute Gasteiger partial charge is 0.369 e. The number of nitrogens with zero attached hydrogens (tertiary/aromatic N) is 3. The van der Waals surface area contributed by atoms with Crippen molar-refractivity contribution in [3.63, 3.8) is 0 Å². The highest BCUT2D eigenvalue weighted by Gasteiger charge is 2.19. The van der Waals surface area contributed by atoms with Gasteiger partial charge in [0.15, 0.2) is 0 Å². The molecule has 0 bridgehead atoms. The number of benzene rings is 1. The number of nitrogen functional groups attached to an aromatic ring is 1. The summed E-state index contributed by atoms with van der Waals surface area (Å²) < 4.78 is 15.2. The zero-order valence-electron chi connectivity index (χ0n) is 11.1. The molecule has 0 radical (unpaired) electrons. The summed E-state index contributed by atoms with van der Waals surface area (Å²) in [5, 5.41) is 0. The maximum atomic E-state index is 13.2. The van der Waals surface area contributed by atoms with Gasteiger partial charge in [-0.15, -0.1) is 0 Å². The summed E-state index contributed by atoms with van der Waals surface area (Å²) in [7, 11) is 2.15. The summed E-state index contributed by atoms with van der Waals surface area (Å²) >= 11 is 0. The van der Waals surface area contributed by atoms with E-state index in [1.54, 1.807) is 6.07 Å². The van der Waals surface area contributed by atoms with Crippen LogP contribution >= 0.6 is 0 Å². The summed E-state index contributed by atoms with van der Waals surface area (Å²) in [6.07, 6.45) is 2.35. The summed E-state index contributed by atoms with van der Waals surface area (Å²) in [5.41, 5.74) is 7.54. The van der Waals surface area contributed by atoms with Crippen LogP contribution in [0.15, 0.2) is 18.2 Å². The molecule has 0 saturated carbocycles. The van der Waals surface area contributed by atoms with Crippen LogP contribution in [0.3, 0.4) is 0 Å². The van der Waals surface area contributed by atoms with Gasteiger partial charge in [0.2, 0.25) is 5.95 Å². The Labute approximate surface area is 112 Å². The minimum absolute atomic E-state index is 0.267. The fourth-order valence-electron chi connectivity index (χ4n) is 2.82. The molecule has 1 fully saturated rings. The van der Waals surface area contributed by atoms with Crippen LogP contribution in [-0.4, -0.2) is 34.6 Å². The third-order valence-corrected chi connectivity index (χ3v) is 4.02. The SMILES string of the molecule is CN1CCC(Cn2c(N)nc3cc(F)ccc32)CC1. The fraction of sp³-hybridized carbons (Fsp3) is 0.500. The van der Waals surface area contributed by atoms with E-state index in [2.05, 4.69) is 16.9 Å². The van der Waals surface area contributed by atoms with Gasteiger partial charge in [0.05, 0.1) is 11.0 Å². The number of hydrogen-bond donors (Lipinski definition) is 1. The van der Waals surface area contributed by atoms with Gasteiger partial charge in [-0.25, -0.2) is 9.37 Å². The number of imidazole rings is 1. The molecule has 1 aliphatic heterocycles. The summed E-state index contributed by atoms with van der Waals surface area (Å²) in [6.45, 7) is 3.14. The van der Waals surface area contributed by atoms with Crippen LogP contribution in [0.4, 0.5) is 10.3 Å². The lowest BCUT2D eigenvalue weighted by Crippen LogP contribution is -2.32. The van der Waals surface area contributed by atoms with Crippen molar-refractivity contribution >= 4 is 17.0 Å². The van der Waals surface area contributed by atoms with E-state index in [9.17, 15) is 4.39 Å². The van der Waals surface area contributed by atoms with E-state index in [1.165, 1.54) is 25.0 Å². The molecule has 4 nitrogen and oxygen atoms in total. The Morgan fingerprint density at radius 2 is 2.11 bits per heavy atom. The molecule has 0 spiro atoms. The van der Waals surface area contributed by atoms with E-state index in [-0.39, 0.29) is 5.82 Å². The number of rotatable bonds is 2. The number of anilines is 1. The summed E-state index contributed by atoms with van der Waals surface area (Å²) in [5.74, 6) is 0.844. The van der Waals surface area contributed by atoms with Gasteiger partial charge < -0.3 is 15.2 Å². The molecule has 5 heteroatoms. The van der Waals surface area contributed by atoms with Gasteiger partial charge in [0, 0.05) is 12.6 Å². The maximum Gasteiger partial charge on any atom is 0.201 e. The minimum atomic E-state index is -0.267. The highest BCUT2D eigenvalue weighted by Crippen LogP contribution is 2.24. The van der Waals surface area contributed by atoms with Gasteiger partial charge >= 0.3 is 0 Å². The van der Waals surface area contributed by atoms with Gasteiger partial charge in [0.1, 0.15) is 5.82 Å². The Bertz CT molecular complexity index is 584. The molecule has 102 valence electrons. The van der Waals surface area contributed by atoms with Crippen molar-refractivity contribution in [2.45, 2.75) is 19.4 Å². The van der Waals surface area contributed by atoms with Gasteiger partial charge in [0.25, 0.3) is 0 Å². The molecule has 1 aliphatic rings. The van der Waals surface area contributed by atoms with Gasteiger partial charge in [-0.05, 0) is 51.0 Å². The topological polar surface area (TPSA) is 47.1 Å². The Kier molecular flexibility index (Phi) is 3.14. The number of hydrogen-bond acceptors (Lipinski definition) is 3. The zero-order chi connectivity index (χ0) is 13.4. The Morgan fingerprint density at radius 3 is 2.84 bits per heavy atom. The fourth-order valence-corrected chi connectivity index (χ4v) is 2.82. The lowest BCUT2D eigenvalue weighted by atomic mass is 9.97. The van der Waals surface area contributed by atoms with E-state index in [4.69, 9.17) is 5.73 Å². The van der Waals surface area contributed by atoms with Crippen LogP contribution in [0.2, 0.25) is 0 Å². The van der Waals surface area contributed by atoms with Crippen LogP contribution in [0.5, 0.6) is 0 Å². The third kappa shape index (κ3) is 2.42. The molecule has 2 aromatic rings. The molecular formula is C14H19FN4. The van der Waals surface area contributed by atoms with Gasteiger partial charge in [-0.1, -0.05) is 0 Å². The lowest BCUT2D eigenvalue weighted by molar-refractivity contribution is 0.206. The van der Waals surface area contributed by atoms with Crippen molar-refractivity contribution in [3.05, 3.63) is 24.0 Å². The number of piperidine rings is 1. The normalized spacial score (nSPS) is 18.2. The van der Waals surface area contributed by atoms with Crippen molar-refractivity contribution in [2.75, 3.05) is 25.9 Å². The van der Waals surface area contributed by atoms with Gasteiger partial charge in [-0.3, -0.25) is 0 Å². The molecule has 2 heterocycles. The molecule has 2 N–H and O–H groups in total. The molecule has 19 heavy (non-hydrogen) atoms. The maximum absolute atomic E-state index is 13.2. The van der Waals surface area contributed by atoms with E-state index < -0.39 is 0 Å². The predicted molar refractivity (Wildman–Crippen MR) is 74.3 cm³/mol. The summed E-state index contributed by atoms with van der Waals surface area (Å²) in [6, 6.07) is 4.68. The Morgan fingerprint density at radius 1 is 1.37 bits per heavy atom. The molecule has 1 aromatic carbocycles. The number of aromatic nitrogens is 2. The number of likely N-dealkylation sites (tertiary alicyclic amines) is 1. The Balaban J connectivity index is 1.86. The first-order chi connectivity index (χ1) is 9.13. The lowest BCUT2D eigenvalue weighted by Gasteiger charge is -2.29. The van der Waals surface area contributed by atoms with E-state index in [0.29, 0.717) is 17.4 Å². The van der Waals surface area contributed by atoms with Crippen molar-refractivity contribution in [1.82, 2.24) is 14.5 Å². The third-order valence-electron chi connectivity index (χ3n) is 4.02. The van der Waals surface area contributed by atoms with Crippen molar-refractivity contribution < 1.29 is 4.39 Å². The summed E-state index contributed by atoms with van der Waals surface area (Å²) in [4.78, 5) is 6.59. The molecule has 3 rings (SSSR count). The van der Waals surface area contributed by atoms with Crippen LogP contribution in [0, 0.1) is 11.7 Å². The molecule has 0 atom stereocenters. The molecule has 1 aromatic heterocycles. The zero-order valence-corrected chi connectivity index (χ0v) is 11.1. The van der Waals surface area contributed by atoms with Crippen molar-refractivity contribution in [1.29, 1.82) is 0 Å². The second kappa shape index (κ2) is 4.81. The first kappa shape index (κ1) is 12.4. The average Bonchev–Trinajstić information content (AvgIpc) is 2.68. The molecule has 0 aliphatic carbocycles. The van der Waals surface area contributed by atoms with Crippen LogP contribution in [0.1, 0.15) is 12.8 Å². The second-order valence-electron chi connectivity index (χ2n) is 5.46. The minimum Gasteiger partial charge on any atom is -0.369 e. The highest BCUT2D eigenvalue weighted by molar-refractivity contribution is 5.78. The highest BCUT2D eigenvalue weighted by atomic mass is 19.1. The quantitative estimate of drug-likeness (QED) is 0.901. The van der Waals surface area contributed by atoms with E-state index in [0.717, 1.165) is 25.2 Å². The van der Waals surface area contributed by atoms with E-state index in [1.807, 2.05) is 4.57 Å². The Hall–Kier alpha value is -1.62. The predicted octanol–water partition coefficient (Wildman–Crippen LogP) is 2.10. The number of nitrogens with two attached hydrogens (primary N) is 1. The molecule has 0 amide bonds. The van der Waals surface area contributed by atoms with Crippen molar-refractivity contribution in [3.8, 4) is 0 Å².